The van der Waals surface area contributed by atoms with Gasteiger partial charge in [-0.15, -0.1) is 11.3 Å². The molecule has 0 bridgehead atoms. The highest BCUT2D eigenvalue weighted by molar-refractivity contribution is 7.17. The van der Waals surface area contributed by atoms with Gasteiger partial charge in [-0.3, -0.25) is 68.7 Å². The summed E-state index contributed by atoms with van der Waals surface area (Å²) in [6.07, 6.45) is 7.61. The van der Waals surface area contributed by atoms with Crippen molar-refractivity contribution in [1.29, 1.82) is 10.8 Å². The zero-order chi connectivity index (χ0) is 89.9. The van der Waals surface area contributed by atoms with Gasteiger partial charge in [0.05, 0.1) is 123 Å². The van der Waals surface area contributed by atoms with Crippen molar-refractivity contribution in [2.45, 2.75) is 65.8 Å². The maximum atomic E-state index is 13.5. The van der Waals surface area contributed by atoms with Crippen molar-refractivity contribution >= 4 is 139 Å². The van der Waals surface area contributed by atoms with Crippen LogP contribution in [0.4, 0.5) is 39.5 Å². The van der Waals surface area contributed by atoms with Gasteiger partial charge in [-0.25, -0.2) is 15.0 Å². The summed E-state index contributed by atoms with van der Waals surface area (Å²) in [5, 5.41) is 45.8. The maximum absolute atomic E-state index is 13.5. The first-order valence-corrected chi connectivity index (χ1v) is 41.4. The minimum atomic E-state index is -0.862. The summed E-state index contributed by atoms with van der Waals surface area (Å²) in [6, 6.07) is 16.4. The van der Waals surface area contributed by atoms with Gasteiger partial charge in [-0.05, 0) is 81.3 Å². The third kappa shape index (κ3) is 29.9. The molecule has 9 rings (SSSR count). The number of carbonyl (C=O) groups is 10. The minimum absolute atomic E-state index is 0.00131. The number of anilines is 7. The Balaban J connectivity index is 0.522. The van der Waals surface area contributed by atoms with Gasteiger partial charge in [-0.2, -0.15) is 0 Å². The van der Waals surface area contributed by atoms with Gasteiger partial charge in [-0.1, -0.05) is 30.7 Å². The molecule has 12 N–H and O–H groups in total. The number of aryl methyl sites for hydroxylation is 6. The van der Waals surface area contributed by atoms with E-state index >= 15 is 0 Å². The Kier molecular flexibility index (Phi) is 37.9. The van der Waals surface area contributed by atoms with Crippen LogP contribution in [0.25, 0.3) is 0 Å². The average Bonchev–Trinajstić information content (AvgIpc) is 1.60. The molecule has 0 aliphatic carbocycles. The molecule has 672 valence electrons. The van der Waals surface area contributed by atoms with Crippen molar-refractivity contribution in [2.75, 3.05) is 175 Å². The van der Waals surface area contributed by atoms with Crippen LogP contribution in [0, 0.1) is 24.7 Å². The number of halogens is 1. The highest BCUT2D eigenvalue weighted by Crippen LogP contribution is 2.40. The van der Waals surface area contributed by atoms with Crippen molar-refractivity contribution in [1.82, 2.24) is 59.1 Å². The first-order valence-electron chi connectivity index (χ1n) is 40.2. The van der Waals surface area contributed by atoms with E-state index < -0.39 is 53.3 Å². The molecule has 0 saturated carbocycles. The standard InChI is InChI=1S/C82H107ClN22O19S/c1-10-23-87-79(113)74-97-62(47-102(74)7)94-67(108)21-26-89-78(112)72-59(22-27-100(72)5)93-81(115)76-99-64(49-104(76)9)96-66(107)20-25-88-77(111)61-44-57(46-101(61)6)91-80(114)75-98-63(48-103(75)8)95-65(106)19-24-86-69(110)50-123-41-40-121-37-36-119-33-32-117-29-28-116-30-31-118-34-35-120-38-39-122-42-43-124-58-17-15-56(16-18-58)90-68(109)45-60-73(85)105(53(4)84)82-70(51(2)52(3)125-82)71(92-60)54-11-13-55(83)14-12-54/h11-18,22,27,44,46-49,60,84-85H,10,19-21,23-26,28-43,45,50H2,1-9H3,(H,86,110)(H,87,113)(H,88,111)(H,89,112)(H,90,109)(H,91,114)(H,93,115)(H,94,108)(H,95,106)(H,96,107)/t60-/m0/s1. The number of benzene rings is 2. The zero-order valence-corrected chi connectivity index (χ0v) is 72.7. The maximum Gasteiger partial charge on any atom is 0.291 e. The van der Waals surface area contributed by atoms with E-state index in [9.17, 15) is 47.9 Å². The van der Waals surface area contributed by atoms with Crippen molar-refractivity contribution in [2.24, 2.45) is 40.2 Å². The number of aliphatic imine (C=N–C) groups is 1. The van der Waals surface area contributed by atoms with Crippen molar-refractivity contribution < 1.29 is 90.6 Å². The van der Waals surface area contributed by atoms with Crippen molar-refractivity contribution in [3.8, 4) is 5.75 Å². The largest absolute Gasteiger partial charge is 0.491 e. The Morgan fingerprint density at radius 2 is 0.944 bits per heavy atom. The van der Waals surface area contributed by atoms with Crippen LogP contribution >= 0.6 is 22.9 Å². The molecule has 2 aromatic carbocycles. The normalized spacial score (nSPS) is 12.4. The van der Waals surface area contributed by atoms with Crippen LogP contribution in [-0.2, 0) is 97.1 Å². The van der Waals surface area contributed by atoms with Gasteiger partial charge < -0.3 is 119 Å². The summed E-state index contributed by atoms with van der Waals surface area (Å²) in [7, 11) is 7.90. The third-order valence-corrected chi connectivity index (χ3v) is 20.0. The third-order valence-electron chi connectivity index (χ3n) is 18.5. The molecular formula is C82H107ClN22O19S. The fourth-order valence-electron chi connectivity index (χ4n) is 12.2. The molecule has 1 atom stereocenters. The highest BCUT2D eigenvalue weighted by atomic mass is 35.5. The Labute approximate surface area is 730 Å². The van der Waals surface area contributed by atoms with Gasteiger partial charge in [0.25, 0.3) is 29.5 Å². The zero-order valence-electron chi connectivity index (χ0n) is 71.1. The number of nitrogens with one attached hydrogen (secondary N) is 12. The molecule has 10 amide bonds. The van der Waals surface area contributed by atoms with E-state index in [2.05, 4.69) is 68.1 Å². The van der Waals surface area contributed by atoms with Crippen LogP contribution in [0.5, 0.6) is 5.75 Å². The number of rotatable bonds is 52. The second-order valence-electron chi connectivity index (χ2n) is 28.3. The molecule has 125 heavy (non-hydrogen) atoms. The second-order valence-corrected chi connectivity index (χ2v) is 29.9. The lowest BCUT2D eigenvalue weighted by Gasteiger charge is -2.24. The lowest BCUT2D eigenvalue weighted by molar-refractivity contribution is -0.126. The van der Waals surface area contributed by atoms with E-state index in [0.29, 0.717) is 121 Å². The number of hydrogen-bond acceptors (Lipinski definition) is 26. The van der Waals surface area contributed by atoms with E-state index in [0.717, 1.165) is 33.0 Å². The summed E-state index contributed by atoms with van der Waals surface area (Å²) in [5.41, 5.74) is 4.47. The van der Waals surface area contributed by atoms with E-state index in [4.69, 9.17) is 70.0 Å². The molecule has 1 aliphatic rings. The summed E-state index contributed by atoms with van der Waals surface area (Å²) in [6.45, 7) is 13.1. The van der Waals surface area contributed by atoms with E-state index in [1.54, 1.807) is 82.6 Å². The fourth-order valence-corrected chi connectivity index (χ4v) is 13.6. The molecular weight excluding hydrogens is 1660 g/mol. The molecule has 7 heterocycles. The number of aromatic nitrogens is 8. The minimum Gasteiger partial charge on any atom is -0.491 e. The summed E-state index contributed by atoms with van der Waals surface area (Å²) >= 11 is 7.72. The molecule has 8 aromatic rings. The van der Waals surface area contributed by atoms with Gasteiger partial charge >= 0.3 is 0 Å². The van der Waals surface area contributed by atoms with Crippen LogP contribution in [-0.4, -0.2) is 259 Å². The molecule has 0 fully saturated rings. The van der Waals surface area contributed by atoms with Gasteiger partial charge in [0, 0.05) is 138 Å². The first kappa shape index (κ1) is 96.4. The molecule has 0 radical (unpaired) electrons. The summed E-state index contributed by atoms with van der Waals surface area (Å²) < 4.78 is 57.3. The molecule has 0 saturated heterocycles. The summed E-state index contributed by atoms with van der Waals surface area (Å²) in [4.78, 5) is 150. The number of thiophene rings is 1. The number of carbonyl (C=O) groups excluding carboxylic acids is 10. The average molecular weight is 1770 g/mol. The van der Waals surface area contributed by atoms with E-state index in [-0.39, 0.29) is 146 Å². The SMILES string of the molecule is CCCNC(=O)c1nc(NC(=O)CCNC(=O)c2c(NC(=O)c3nc(NC(=O)CCNC(=O)c4cc(NC(=O)c5nc(NC(=O)CCNC(=O)COCCOCCOCCOCCOCCOCCOCCOCCOc6ccc(NC(=O)C[C@@H]7N=C(c8ccc(Cl)cc8)c8c(sc(C)c8C)N(C(C)=N)C7=N)cc6)cn5C)cn4C)cn3C)ccn2C)cn1C. The number of fused-ring (bicyclic) bond motifs is 1. The van der Waals surface area contributed by atoms with Crippen LogP contribution in [0.3, 0.4) is 0 Å². The van der Waals surface area contributed by atoms with Crippen LogP contribution < -0.4 is 62.8 Å². The quantitative estimate of drug-likeness (QED) is 0.0123. The Hall–Kier alpha value is -12.4. The topological polar surface area (TPSA) is 501 Å². The predicted octanol–water partition coefficient (Wildman–Crippen LogP) is 5.74. The van der Waals surface area contributed by atoms with Crippen molar-refractivity contribution in [3.05, 3.63) is 147 Å². The molecule has 0 unspecified atom stereocenters. The lowest BCUT2D eigenvalue weighted by atomic mass is 9.99. The Morgan fingerprint density at radius 3 is 1.45 bits per heavy atom. The molecule has 1 aliphatic heterocycles. The van der Waals surface area contributed by atoms with E-state index in [1.807, 2.05) is 32.9 Å². The smallest absolute Gasteiger partial charge is 0.291 e. The summed E-state index contributed by atoms with van der Waals surface area (Å²) in [5.74, 6) is -4.07. The highest BCUT2D eigenvalue weighted by Gasteiger charge is 2.36. The number of imidazole rings is 3. The Morgan fingerprint density at radius 1 is 0.480 bits per heavy atom. The molecule has 6 aromatic heterocycles. The number of ether oxygens (including phenoxy) is 9. The van der Waals surface area contributed by atoms with Gasteiger partial charge in [0.15, 0.2) is 17.5 Å². The fraction of sp³-hybridized carbons (Fsp3) is 0.439. The molecule has 43 heteroatoms. The van der Waals surface area contributed by atoms with Crippen LogP contribution in [0.2, 0.25) is 5.02 Å². The van der Waals surface area contributed by atoms with Crippen molar-refractivity contribution in [3.63, 3.8) is 0 Å². The Bertz CT molecular complexity index is 5090. The number of amidine groups is 2. The van der Waals surface area contributed by atoms with Crippen LogP contribution in [0.1, 0.15) is 120 Å². The lowest BCUT2D eigenvalue weighted by Crippen LogP contribution is -2.41. The first-order chi connectivity index (χ1) is 60.1. The van der Waals surface area contributed by atoms with Gasteiger partial charge in [0.1, 0.15) is 53.1 Å². The monoisotopic (exact) mass is 1770 g/mol. The molecule has 0 spiro atoms. The molecule has 41 nitrogen and oxygen atoms in total. The van der Waals surface area contributed by atoms with Gasteiger partial charge in [0.2, 0.25) is 47.0 Å². The number of amides is 10. The van der Waals surface area contributed by atoms with E-state index in [1.165, 1.54) is 78.1 Å². The number of nitrogens with zero attached hydrogens (tertiary/aromatic N) is 10. The second kappa shape index (κ2) is 49.2. The van der Waals surface area contributed by atoms with Crippen LogP contribution in [0.15, 0.2) is 96.6 Å². The number of hydrogen-bond donors (Lipinski definition) is 12. The predicted molar refractivity (Wildman–Crippen MR) is 466 cm³/mol.